The quantitative estimate of drug-likeness (QED) is 0.808. The minimum Gasteiger partial charge on any atom is -0.389 e. The van der Waals surface area contributed by atoms with Crippen LogP contribution in [0.3, 0.4) is 0 Å². The van der Waals surface area contributed by atoms with E-state index in [-0.39, 0.29) is 5.82 Å². The number of anilines is 1. The highest BCUT2D eigenvalue weighted by Gasteiger charge is 2.16. The van der Waals surface area contributed by atoms with Crippen LogP contribution in [-0.4, -0.2) is 18.2 Å². The minimum absolute atomic E-state index is 0.277. The molecule has 0 aliphatic heterocycles. The number of likely N-dealkylation sites (N-methyl/N-ethyl adjacent to an activating group) is 1. The summed E-state index contributed by atoms with van der Waals surface area (Å²) in [7, 11) is 0. The Kier molecular flexibility index (Phi) is 4.91. The first kappa shape index (κ1) is 14.7. The Bertz CT molecular complexity index is 440. The van der Waals surface area contributed by atoms with E-state index in [0.29, 0.717) is 17.7 Å². The van der Waals surface area contributed by atoms with Gasteiger partial charge in [-0.15, -0.1) is 0 Å². The van der Waals surface area contributed by atoms with Crippen LogP contribution in [0.2, 0.25) is 0 Å². The molecule has 0 aliphatic carbocycles. The van der Waals surface area contributed by atoms with Gasteiger partial charge in [0.1, 0.15) is 5.82 Å². The lowest BCUT2D eigenvalue weighted by atomic mass is 10.0. The second-order valence-electron chi connectivity index (χ2n) is 4.81. The highest BCUT2D eigenvalue weighted by atomic mass is 19.1. The lowest BCUT2D eigenvalue weighted by Gasteiger charge is -2.27. The Labute approximate surface area is 109 Å². The maximum atomic E-state index is 13.6. The van der Waals surface area contributed by atoms with Gasteiger partial charge in [0.25, 0.3) is 0 Å². The van der Waals surface area contributed by atoms with Crippen LogP contribution in [0.4, 0.5) is 10.1 Å². The molecule has 0 fully saturated rings. The van der Waals surface area contributed by atoms with Gasteiger partial charge in [0, 0.05) is 24.3 Å². The van der Waals surface area contributed by atoms with Crippen LogP contribution in [0.5, 0.6) is 0 Å². The minimum atomic E-state index is -0.686. The summed E-state index contributed by atoms with van der Waals surface area (Å²) in [4.78, 5) is 2.09. The van der Waals surface area contributed by atoms with E-state index in [1.54, 1.807) is 19.9 Å². The average molecular weight is 251 g/mol. The second-order valence-corrected chi connectivity index (χ2v) is 4.81. The molecule has 0 aliphatic rings. The molecule has 0 saturated heterocycles. The van der Waals surface area contributed by atoms with E-state index in [0.717, 1.165) is 17.8 Å². The van der Waals surface area contributed by atoms with Crippen LogP contribution in [0, 0.1) is 12.7 Å². The lowest BCUT2D eigenvalue weighted by molar-refractivity contribution is 0.199. The number of halogens is 1. The zero-order chi connectivity index (χ0) is 13.9. The maximum absolute atomic E-state index is 13.6. The van der Waals surface area contributed by atoms with E-state index >= 15 is 0 Å². The average Bonchev–Trinajstić information content (AvgIpc) is 2.28. The number of aliphatic hydroxyl groups is 1. The van der Waals surface area contributed by atoms with Crippen LogP contribution >= 0.6 is 0 Å². The Morgan fingerprint density at radius 2 is 2.11 bits per heavy atom. The van der Waals surface area contributed by atoms with Gasteiger partial charge in [-0.3, -0.25) is 0 Å². The molecule has 0 aromatic heterocycles. The summed E-state index contributed by atoms with van der Waals surface area (Å²) in [6.07, 6.45) is -0.686. The third-order valence-corrected chi connectivity index (χ3v) is 2.94. The molecule has 18 heavy (non-hydrogen) atoms. The number of hydrogen-bond donors (Lipinski definition) is 1. The van der Waals surface area contributed by atoms with Crippen molar-refractivity contribution >= 4 is 5.69 Å². The lowest BCUT2D eigenvalue weighted by Crippen LogP contribution is -2.26. The third-order valence-electron chi connectivity index (χ3n) is 2.94. The molecule has 0 radical (unpaired) electrons. The normalized spacial score (nSPS) is 12.3. The van der Waals surface area contributed by atoms with E-state index in [1.165, 1.54) is 6.07 Å². The van der Waals surface area contributed by atoms with Crippen molar-refractivity contribution in [2.75, 3.05) is 18.0 Å². The highest BCUT2D eigenvalue weighted by molar-refractivity contribution is 5.57. The first-order valence-electron chi connectivity index (χ1n) is 6.24. The molecule has 1 N–H and O–H groups in total. The second kappa shape index (κ2) is 6.01. The van der Waals surface area contributed by atoms with E-state index < -0.39 is 6.10 Å². The molecule has 1 atom stereocenters. The van der Waals surface area contributed by atoms with Crippen molar-refractivity contribution in [3.8, 4) is 0 Å². The molecule has 0 bridgehead atoms. The predicted molar refractivity (Wildman–Crippen MR) is 74.5 cm³/mol. The van der Waals surface area contributed by atoms with Gasteiger partial charge in [-0.05, 0) is 45.4 Å². The highest BCUT2D eigenvalue weighted by Crippen LogP contribution is 2.29. The molecule has 1 aromatic rings. The summed E-state index contributed by atoms with van der Waals surface area (Å²) >= 11 is 0. The van der Waals surface area contributed by atoms with Crippen molar-refractivity contribution in [1.82, 2.24) is 0 Å². The van der Waals surface area contributed by atoms with Gasteiger partial charge >= 0.3 is 0 Å². The monoisotopic (exact) mass is 251 g/mol. The molecule has 2 nitrogen and oxygen atoms in total. The fraction of sp³-hybridized carbons (Fsp3) is 0.467. The SMILES string of the molecule is C=C(C)CN(CC)c1cc(C)c(F)cc1C(C)O. The summed E-state index contributed by atoms with van der Waals surface area (Å²) in [5.41, 5.74) is 3.14. The van der Waals surface area contributed by atoms with E-state index in [2.05, 4.69) is 11.5 Å². The van der Waals surface area contributed by atoms with Crippen molar-refractivity contribution in [1.29, 1.82) is 0 Å². The molecule has 1 aromatic carbocycles. The summed E-state index contributed by atoms with van der Waals surface area (Å²) < 4.78 is 13.6. The molecule has 0 spiro atoms. The van der Waals surface area contributed by atoms with Gasteiger partial charge in [0.15, 0.2) is 0 Å². The van der Waals surface area contributed by atoms with Crippen molar-refractivity contribution in [3.05, 3.63) is 41.2 Å². The van der Waals surface area contributed by atoms with Crippen molar-refractivity contribution < 1.29 is 9.50 Å². The smallest absolute Gasteiger partial charge is 0.126 e. The van der Waals surface area contributed by atoms with Gasteiger partial charge in [0.2, 0.25) is 0 Å². The van der Waals surface area contributed by atoms with Gasteiger partial charge in [-0.1, -0.05) is 12.2 Å². The Balaban J connectivity index is 3.26. The standard InChI is InChI=1S/C15H22FNO/c1-6-17(9-10(2)3)15-7-11(4)14(16)8-13(15)12(5)18/h7-8,12,18H,2,6,9H2,1,3-5H3. The molecule has 0 heterocycles. The van der Waals surface area contributed by atoms with Crippen molar-refractivity contribution in [2.24, 2.45) is 0 Å². The predicted octanol–water partition coefficient (Wildman–Crippen LogP) is 3.59. The third kappa shape index (κ3) is 3.33. The van der Waals surface area contributed by atoms with Crippen LogP contribution in [0.25, 0.3) is 0 Å². The molecular formula is C15H22FNO. The molecule has 3 heteroatoms. The molecule has 1 rings (SSSR count). The number of hydrogen-bond acceptors (Lipinski definition) is 2. The van der Waals surface area contributed by atoms with Crippen molar-refractivity contribution in [2.45, 2.75) is 33.8 Å². The largest absolute Gasteiger partial charge is 0.389 e. The molecule has 0 amide bonds. The first-order chi connectivity index (χ1) is 8.36. The van der Waals surface area contributed by atoms with Crippen LogP contribution in [0.1, 0.15) is 38.0 Å². The maximum Gasteiger partial charge on any atom is 0.126 e. The number of benzene rings is 1. The fourth-order valence-corrected chi connectivity index (χ4v) is 1.98. The van der Waals surface area contributed by atoms with E-state index in [9.17, 15) is 9.50 Å². The topological polar surface area (TPSA) is 23.5 Å². The molecule has 0 saturated carbocycles. The number of aliphatic hydroxyl groups excluding tert-OH is 1. The van der Waals surface area contributed by atoms with E-state index in [4.69, 9.17) is 0 Å². The summed E-state index contributed by atoms with van der Waals surface area (Å²) in [5.74, 6) is -0.277. The summed E-state index contributed by atoms with van der Waals surface area (Å²) in [5, 5.41) is 9.78. The van der Waals surface area contributed by atoms with Crippen LogP contribution in [-0.2, 0) is 0 Å². The number of nitrogens with zero attached hydrogens (tertiary/aromatic N) is 1. The van der Waals surface area contributed by atoms with E-state index in [1.807, 2.05) is 13.8 Å². The van der Waals surface area contributed by atoms with Crippen LogP contribution in [0.15, 0.2) is 24.3 Å². The summed E-state index contributed by atoms with van der Waals surface area (Å²) in [6, 6.07) is 3.22. The summed E-state index contributed by atoms with van der Waals surface area (Å²) in [6.45, 7) is 12.8. The molecular weight excluding hydrogens is 229 g/mol. The van der Waals surface area contributed by atoms with Gasteiger partial charge in [0.05, 0.1) is 6.10 Å². The zero-order valence-electron chi connectivity index (χ0n) is 11.6. The van der Waals surface area contributed by atoms with Crippen LogP contribution < -0.4 is 4.90 Å². The van der Waals surface area contributed by atoms with Crippen molar-refractivity contribution in [3.63, 3.8) is 0 Å². The molecule has 100 valence electrons. The molecule has 1 unspecified atom stereocenters. The van der Waals surface area contributed by atoms with Gasteiger partial charge in [-0.25, -0.2) is 4.39 Å². The number of rotatable bonds is 5. The van der Waals surface area contributed by atoms with Gasteiger partial charge < -0.3 is 10.0 Å². The first-order valence-corrected chi connectivity index (χ1v) is 6.24. The Morgan fingerprint density at radius 1 is 1.50 bits per heavy atom. The fourth-order valence-electron chi connectivity index (χ4n) is 1.98. The van der Waals surface area contributed by atoms with Gasteiger partial charge in [-0.2, -0.15) is 0 Å². The zero-order valence-corrected chi connectivity index (χ0v) is 11.6. The number of aryl methyl sites for hydroxylation is 1. The Morgan fingerprint density at radius 3 is 2.56 bits per heavy atom. The Hall–Kier alpha value is -1.35.